The molecule has 1 aromatic rings. The molecule has 0 bridgehead atoms. The maximum Gasteiger partial charge on any atom is 0.695 e. The van der Waals surface area contributed by atoms with E-state index in [0.29, 0.717) is 0 Å². The number of hydrogen-bond acceptors (Lipinski definition) is 5. The average molecular weight is 252 g/mol. The van der Waals surface area contributed by atoms with E-state index >= 15 is 0 Å². The molecule has 0 saturated carbocycles. The lowest BCUT2D eigenvalue weighted by atomic mass is 10.3. The molecule has 1 rings (SSSR count). The average Bonchev–Trinajstić information content (AvgIpc) is 2.16. The molecule has 1 heterocycles. The quantitative estimate of drug-likeness (QED) is 0.379. The molecule has 1 aromatic heterocycles. The molecular formula is C6H5ClN2O5P+. The van der Waals surface area contributed by atoms with Crippen LogP contribution in [0.3, 0.4) is 0 Å². The highest BCUT2D eigenvalue weighted by atomic mass is 35.5. The first-order valence-corrected chi connectivity index (χ1v) is 5.09. The zero-order chi connectivity index (χ0) is 11.4. The van der Waals surface area contributed by atoms with E-state index in [1.807, 2.05) is 0 Å². The van der Waals surface area contributed by atoms with Crippen LogP contribution in [0.1, 0.15) is 5.56 Å². The summed E-state index contributed by atoms with van der Waals surface area (Å²) in [6, 6.07) is 1.13. The van der Waals surface area contributed by atoms with Gasteiger partial charge in [-0.3, -0.25) is 10.1 Å². The molecule has 1 unspecified atom stereocenters. The van der Waals surface area contributed by atoms with E-state index in [-0.39, 0.29) is 23.0 Å². The van der Waals surface area contributed by atoms with Crippen molar-refractivity contribution in [2.45, 2.75) is 6.61 Å². The molecular weight excluding hydrogens is 247 g/mol. The first-order valence-electron chi connectivity index (χ1n) is 3.58. The van der Waals surface area contributed by atoms with Crippen LogP contribution in [0.25, 0.3) is 0 Å². The summed E-state index contributed by atoms with van der Waals surface area (Å²) in [6.07, 6.45) is 0.991. The van der Waals surface area contributed by atoms with Gasteiger partial charge in [0, 0.05) is 16.2 Å². The molecule has 9 heteroatoms. The SMILES string of the molecule is O=[N+]([O-])c1cnc(Cl)c(CO[P+](=O)O)c1. The number of nitro groups is 1. The highest BCUT2D eigenvalue weighted by Crippen LogP contribution is 2.24. The third-order valence-electron chi connectivity index (χ3n) is 1.44. The molecule has 0 fully saturated rings. The van der Waals surface area contributed by atoms with Gasteiger partial charge in [-0.25, -0.2) is 4.98 Å². The van der Waals surface area contributed by atoms with E-state index in [1.54, 1.807) is 0 Å². The Morgan fingerprint density at radius 2 is 2.40 bits per heavy atom. The van der Waals surface area contributed by atoms with Gasteiger partial charge >= 0.3 is 8.25 Å². The molecule has 1 atom stereocenters. The molecule has 80 valence electrons. The van der Waals surface area contributed by atoms with Gasteiger partial charge in [0.15, 0.2) is 0 Å². The fourth-order valence-corrected chi connectivity index (χ4v) is 1.21. The summed E-state index contributed by atoms with van der Waals surface area (Å²) in [6.45, 7) is -0.306. The monoisotopic (exact) mass is 251 g/mol. The van der Waals surface area contributed by atoms with Crippen molar-refractivity contribution in [1.82, 2.24) is 4.98 Å². The summed E-state index contributed by atoms with van der Waals surface area (Å²) < 4.78 is 14.6. The fraction of sp³-hybridized carbons (Fsp3) is 0.167. The van der Waals surface area contributed by atoms with Crippen LogP contribution in [0.15, 0.2) is 12.3 Å². The van der Waals surface area contributed by atoms with Crippen molar-refractivity contribution < 1.29 is 18.9 Å². The maximum absolute atomic E-state index is 10.4. The molecule has 0 aromatic carbocycles. The lowest BCUT2D eigenvalue weighted by Crippen LogP contribution is -1.95. The van der Waals surface area contributed by atoms with Crippen LogP contribution in [-0.2, 0) is 15.7 Å². The molecule has 15 heavy (non-hydrogen) atoms. The highest BCUT2D eigenvalue weighted by molar-refractivity contribution is 7.32. The van der Waals surface area contributed by atoms with E-state index in [9.17, 15) is 14.7 Å². The second-order valence-electron chi connectivity index (χ2n) is 2.41. The van der Waals surface area contributed by atoms with Gasteiger partial charge in [-0.1, -0.05) is 11.6 Å². The van der Waals surface area contributed by atoms with Gasteiger partial charge in [0.05, 0.1) is 4.92 Å². The van der Waals surface area contributed by atoms with E-state index in [2.05, 4.69) is 9.51 Å². The van der Waals surface area contributed by atoms with Crippen LogP contribution in [0, 0.1) is 10.1 Å². The summed E-state index contributed by atoms with van der Waals surface area (Å²) >= 11 is 5.59. The molecule has 0 saturated heterocycles. The molecule has 7 nitrogen and oxygen atoms in total. The van der Waals surface area contributed by atoms with Crippen LogP contribution >= 0.6 is 19.9 Å². The highest BCUT2D eigenvalue weighted by Gasteiger charge is 2.17. The van der Waals surface area contributed by atoms with Gasteiger partial charge in [-0.2, -0.15) is 0 Å². The third-order valence-corrected chi connectivity index (χ3v) is 2.13. The number of aromatic nitrogens is 1. The number of hydrogen-bond donors (Lipinski definition) is 1. The Hall–Kier alpha value is -1.14. The molecule has 0 aliphatic heterocycles. The van der Waals surface area contributed by atoms with Gasteiger partial charge in [0.25, 0.3) is 5.69 Å². The van der Waals surface area contributed by atoms with Crippen molar-refractivity contribution in [3.05, 3.63) is 33.1 Å². The van der Waals surface area contributed by atoms with Crippen LogP contribution in [0.5, 0.6) is 0 Å². The van der Waals surface area contributed by atoms with Crippen molar-refractivity contribution in [2.24, 2.45) is 0 Å². The number of rotatable bonds is 4. The van der Waals surface area contributed by atoms with Gasteiger partial charge in [-0.05, 0) is 0 Å². The second-order valence-corrected chi connectivity index (χ2v) is 3.50. The zero-order valence-electron chi connectivity index (χ0n) is 7.16. The Balaban J connectivity index is 2.90. The Bertz CT molecular complexity index is 413. The Kier molecular flexibility index (Phi) is 4.05. The van der Waals surface area contributed by atoms with Crippen molar-refractivity contribution in [3.63, 3.8) is 0 Å². The number of pyridine rings is 1. The standard InChI is InChI=1S/C6H4ClN2O5P/c7-6-4(3-14-15(12)13)1-5(2-8-6)9(10)11/h1-2H,3H2/p+1. The van der Waals surface area contributed by atoms with E-state index in [1.165, 1.54) is 0 Å². The number of nitrogens with zero attached hydrogens (tertiary/aromatic N) is 2. The second kappa shape index (κ2) is 5.09. The van der Waals surface area contributed by atoms with Gasteiger partial charge in [0.2, 0.25) is 0 Å². The first kappa shape index (κ1) is 11.9. The van der Waals surface area contributed by atoms with E-state index < -0.39 is 13.2 Å². The minimum atomic E-state index is -2.77. The lowest BCUT2D eigenvalue weighted by molar-refractivity contribution is -0.385. The minimum Gasteiger partial charge on any atom is -0.258 e. The molecule has 0 spiro atoms. The molecule has 1 N–H and O–H groups in total. The van der Waals surface area contributed by atoms with Crippen LogP contribution in [-0.4, -0.2) is 14.8 Å². The third kappa shape index (κ3) is 3.49. The fourth-order valence-electron chi connectivity index (χ4n) is 0.807. The Morgan fingerprint density at radius 3 is 2.93 bits per heavy atom. The van der Waals surface area contributed by atoms with Crippen molar-refractivity contribution in [3.8, 4) is 0 Å². The summed E-state index contributed by atoms with van der Waals surface area (Å²) in [5.41, 5.74) is -0.0746. The van der Waals surface area contributed by atoms with Gasteiger partial charge < -0.3 is 0 Å². The molecule has 0 aliphatic rings. The number of halogens is 1. The summed E-state index contributed by atoms with van der Waals surface area (Å²) in [5, 5.41) is 10.4. The first-order chi connectivity index (χ1) is 7.00. The topological polar surface area (TPSA) is 103 Å². The summed E-state index contributed by atoms with van der Waals surface area (Å²) in [7, 11) is -2.77. The zero-order valence-corrected chi connectivity index (χ0v) is 8.81. The Morgan fingerprint density at radius 1 is 1.73 bits per heavy atom. The van der Waals surface area contributed by atoms with Gasteiger partial charge in [-0.15, -0.1) is 9.42 Å². The Labute approximate surface area is 89.8 Å². The van der Waals surface area contributed by atoms with Crippen LogP contribution < -0.4 is 0 Å². The molecule has 0 radical (unpaired) electrons. The van der Waals surface area contributed by atoms with Crippen molar-refractivity contribution >= 4 is 25.5 Å². The molecule has 0 amide bonds. The normalized spacial score (nSPS) is 11.2. The largest absolute Gasteiger partial charge is 0.695 e. The predicted octanol–water partition coefficient (Wildman–Crippen LogP) is 1.81. The van der Waals surface area contributed by atoms with Gasteiger partial charge in [0.1, 0.15) is 18.0 Å². The van der Waals surface area contributed by atoms with Crippen molar-refractivity contribution in [2.75, 3.05) is 0 Å². The predicted molar refractivity (Wildman–Crippen MR) is 50.5 cm³/mol. The maximum atomic E-state index is 10.4. The van der Waals surface area contributed by atoms with Crippen LogP contribution in [0.2, 0.25) is 5.15 Å². The van der Waals surface area contributed by atoms with Crippen LogP contribution in [0.4, 0.5) is 5.69 Å². The smallest absolute Gasteiger partial charge is 0.258 e. The molecule has 0 aliphatic carbocycles. The minimum absolute atomic E-state index is 0.00236. The summed E-state index contributed by atoms with van der Waals surface area (Å²) in [5.74, 6) is 0. The van der Waals surface area contributed by atoms with Crippen molar-refractivity contribution in [1.29, 1.82) is 0 Å². The van der Waals surface area contributed by atoms with E-state index in [0.717, 1.165) is 12.3 Å². The lowest BCUT2D eigenvalue weighted by Gasteiger charge is -1.97. The summed E-state index contributed by atoms with van der Waals surface area (Å²) in [4.78, 5) is 21.6. The van der Waals surface area contributed by atoms with E-state index in [4.69, 9.17) is 16.5 Å².